The Labute approximate surface area is 128 Å². The van der Waals surface area contributed by atoms with Crippen LogP contribution in [0, 0.1) is 23.2 Å². The summed E-state index contributed by atoms with van der Waals surface area (Å²) >= 11 is 0. The second-order valence-electron chi connectivity index (χ2n) is 8.62. The minimum atomic E-state index is 0.0131. The Morgan fingerprint density at radius 3 is 2.19 bits per heavy atom. The van der Waals surface area contributed by atoms with Crippen molar-refractivity contribution in [3.05, 3.63) is 0 Å². The molecule has 1 amide bonds. The number of carbonyl (C=O) groups excluding carboxylic acids is 1. The molecule has 0 aromatic rings. The molecule has 0 aromatic carbocycles. The number of hydrogen-bond donors (Lipinski definition) is 1. The molecule has 1 aliphatic heterocycles. The monoisotopic (exact) mass is 290 g/mol. The van der Waals surface area contributed by atoms with E-state index in [1.165, 1.54) is 51.4 Å². The molecule has 3 heteroatoms. The quantitative estimate of drug-likeness (QED) is 0.850. The van der Waals surface area contributed by atoms with Crippen molar-refractivity contribution in [2.24, 2.45) is 28.9 Å². The van der Waals surface area contributed by atoms with Crippen LogP contribution in [0.15, 0.2) is 0 Å². The van der Waals surface area contributed by atoms with E-state index in [1.54, 1.807) is 0 Å². The molecule has 4 bridgehead atoms. The van der Waals surface area contributed by atoms with Crippen molar-refractivity contribution < 1.29 is 4.79 Å². The first-order valence-corrected chi connectivity index (χ1v) is 9.14. The van der Waals surface area contributed by atoms with Gasteiger partial charge >= 0.3 is 0 Å². The van der Waals surface area contributed by atoms with Gasteiger partial charge in [0.15, 0.2) is 0 Å². The summed E-state index contributed by atoms with van der Waals surface area (Å²) in [6.07, 6.45) is 11.3. The third-order valence-corrected chi connectivity index (χ3v) is 6.91. The molecule has 5 aliphatic rings. The maximum atomic E-state index is 13.4. The lowest BCUT2D eigenvalue weighted by molar-refractivity contribution is -0.162. The second-order valence-corrected chi connectivity index (χ2v) is 8.62. The van der Waals surface area contributed by atoms with Gasteiger partial charge in [-0.2, -0.15) is 0 Å². The Bertz CT molecular complexity index is 396. The molecule has 0 spiro atoms. The molecule has 3 nitrogen and oxygen atoms in total. The molecule has 0 radical (unpaired) electrons. The van der Waals surface area contributed by atoms with Crippen LogP contribution in [0.2, 0.25) is 0 Å². The zero-order chi connectivity index (χ0) is 14.6. The first kappa shape index (κ1) is 14.0. The maximum absolute atomic E-state index is 13.4. The lowest BCUT2D eigenvalue weighted by atomic mass is 9.49. The molecule has 1 saturated heterocycles. The van der Waals surface area contributed by atoms with Gasteiger partial charge in [-0.25, -0.2) is 0 Å². The number of likely N-dealkylation sites (tertiary alicyclic amines) is 1. The summed E-state index contributed by atoms with van der Waals surface area (Å²) in [5, 5.41) is 0. The molecular formula is C18H30N2O. The van der Waals surface area contributed by atoms with Gasteiger partial charge in [-0.1, -0.05) is 0 Å². The highest BCUT2D eigenvalue weighted by Crippen LogP contribution is 2.60. The van der Waals surface area contributed by atoms with Crippen LogP contribution in [0.1, 0.15) is 64.7 Å². The van der Waals surface area contributed by atoms with E-state index in [9.17, 15) is 4.79 Å². The molecule has 0 aromatic heterocycles. The van der Waals surface area contributed by atoms with E-state index in [4.69, 9.17) is 5.73 Å². The number of piperidine rings is 1. The third kappa shape index (κ3) is 2.23. The Kier molecular flexibility index (Phi) is 3.33. The normalized spacial score (nSPS) is 46.7. The SMILES string of the molecule is CC(N)C1CCCCN1C(=O)C12CC3CC(CC(C3)C1)C2. The number of nitrogens with two attached hydrogens (primary N) is 1. The Balaban J connectivity index is 1.58. The van der Waals surface area contributed by atoms with E-state index in [2.05, 4.69) is 11.8 Å². The molecule has 2 atom stereocenters. The van der Waals surface area contributed by atoms with Crippen LogP contribution in [0.5, 0.6) is 0 Å². The van der Waals surface area contributed by atoms with E-state index in [0.29, 0.717) is 11.9 Å². The average molecular weight is 290 g/mol. The topological polar surface area (TPSA) is 46.3 Å². The van der Waals surface area contributed by atoms with Gasteiger partial charge in [0, 0.05) is 18.6 Å². The van der Waals surface area contributed by atoms with Crippen molar-refractivity contribution in [1.29, 1.82) is 0 Å². The Hall–Kier alpha value is -0.570. The molecule has 2 unspecified atom stereocenters. The molecule has 2 N–H and O–H groups in total. The van der Waals surface area contributed by atoms with Gasteiger partial charge in [-0.05, 0) is 82.5 Å². The molecule has 1 heterocycles. The average Bonchev–Trinajstić information content (AvgIpc) is 2.45. The van der Waals surface area contributed by atoms with Crippen LogP contribution in [0.3, 0.4) is 0 Å². The van der Waals surface area contributed by atoms with Gasteiger partial charge in [-0.15, -0.1) is 0 Å². The Morgan fingerprint density at radius 1 is 1.10 bits per heavy atom. The smallest absolute Gasteiger partial charge is 0.229 e. The molecule has 4 saturated carbocycles. The lowest BCUT2D eigenvalue weighted by Gasteiger charge is -2.57. The minimum absolute atomic E-state index is 0.0131. The second kappa shape index (κ2) is 4.97. The maximum Gasteiger partial charge on any atom is 0.229 e. The predicted molar refractivity (Wildman–Crippen MR) is 83.6 cm³/mol. The van der Waals surface area contributed by atoms with E-state index in [1.807, 2.05) is 0 Å². The fourth-order valence-corrected chi connectivity index (χ4v) is 6.43. The molecular weight excluding hydrogens is 260 g/mol. The van der Waals surface area contributed by atoms with Crippen LogP contribution in [0.25, 0.3) is 0 Å². The minimum Gasteiger partial charge on any atom is -0.338 e. The van der Waals surface area contributed by atoms with Gasteiger partial charge in [0.25, 0.3) is 0 Å². The molecule has 21 heavy (non-hydrogen) atoms. The molecule has 5 fully saturated rings. The number of hydrogen-bond acceptors (Lipinski definition) is 2. The van der Waals surface area contributed by atoms with Crippen molar-refractivity contribution in [2.45, 2.75) is 76.8 Å². The van der Waals surface area contributed by atoms with Crippen LogP contribution in [-0.2, 0) is 4.79 Å². The van der Waals surface area contributed by atoms with E-state index in [0.717, 1.165) is 30.7 Å². The van der Waals surface area contributed by atoms with Crippen LogP contribution < -0.4 is 5.73 Å². The van der Waals surface area contributed by atoms with E-state index >= 15 is 0 Å². The van der Waals surface area contributed by atoms with Crippen LogP contribution in [0.4, 0.5) is 0 Å². The van der Waals surface area contributed by atoms with Crippen molar-refractivity contribution in [1.82, 2.24) is 4.90 Å². The summed E-state index contributed by atoms with van der Waals surface area (Å²) in [6, 6.07) is 0.405. The fraction of sp³-hybridized carbons (Fsp3) is 0.944. The summed E-state index contributed by atoms with van der Waals surface area (Å²) in [6.45, 7) is 3.03. The van der Waals surface area contributed by atoms with Gasteiger partial charge in [-0.3, -0.25) is 4.79 Å². The highest BCUT2D eigenvalue weighted by atomic mass is 16.2. The highest BCUT2D eigenvalue weighted by molar-refractivity contribution is 5.83. The first-order chi connectivity index (χ1) is 10.1. The number of carbonyl (C=O) groups is 1. The zero-order valence-electron chi connectivity index (χ0n) is 13.4. The largest absolute Gasteiger partial charge is 0.338 e. The zero-order valence-corrected chi connectivity index (χ0v) is 13.4. The number of rotatable bonds is 2. The molecule has 118 valence electrons. The summed E-state index contributed by atoms with van der Waals surface area (Å²) in [5.41, 5.74) is 6.21. The number of nitrogens with zero attached hydrogens (tertiary/aromatic N) is 1. The predicted octanol–water partition coefficient (Wildman–Crippen LogP) is 2.93. The first-order valence-electron chi connectivity index (χ1n) is 9.14. The van der Waals surface area contributed by atoms with Crippen molar-refractivity contribution in [3.8, 4) is 0 Å². The van der Waals surface area contributed by atoms with Gasteiger partial charge in [0.1, 0.15) is 0 Å². The standard InChI is InChI=1S/C18H30N2O/c1-12(19)16-4-2-3-5-20(16)17(21)18-9-13-6-14(10-18)8-15(7-13)11-18/h12-16H,2-11,19H2,1H3. The van der Waals surface area contributed by atoms with Gasteiger partial charge < -0.3 is 10.6 Å². The van der Waals surface area contributed by atoms with Crippen molar-refractivity contribution >= 4 is 5.91 Å². The Morgan fingerprint density at radius 2 is 1.67 bits per heavy atom. The number of amides is 1. The fourth-order valence-electron chi connectivity index (χ4n) is 6.43. The van der Waals surface area contributed by atoms with Crippen molar-refractivity contribution in [2.75, 3.05) is 6.54 Å². The summed E-state index contributed by atoms with van der Waals surface area (Å²) in [5.74, 6) is 3.03. The third-order valence-electron chi connectivity index (χ3n) is 6.91. The van der Waals surface area contributed by atoms with Gasteiger partial charge in [0.2, 0.25) is 5.91 Å². The summed E-state index contributed by atoms with van der Waals surface area (Å²) < 4.78 is 0. The van der Waals surface area contributed by atoms with E-state index < -0.39 is 0 Å². The van der Waals surface area contributed by atoms with Gasteiger partial charge in [0.05, 0.1) is 5.41 Å². The molecule has 4 aliphatic carbocycles. The summed E-state index contributed by atoms with van der Waals surface area (Å²) in [4.78, 5) is 15.6. The molecule has 5 rings (SSSR count). The lowest BCUT2D eigenvalue weighted by Crippen LogP contribution is -2.60. The van der Waals surface area contributed by atoms with Crippen LogP contribution >= 0.6 is 0 Å². The highest BCUT2D eigenvalue weighted by Gasteiger charge is 2.56. The van der Waals surface area contributed by atoms with E-state index in [-0.39, 0.29) is 11.5 Å². The van der Waals surface area contributed by atoms with Crippen molar-refractivity contribution in [3.63, 3.8) is 0 Å². The van der Waals surface area contributed by atoms with Crippen LogP contribution in [-0.4, -0.2) is 29.4 Å². The summed E-state index contributed by atoms with van der Waals surface area (Å²) in [7, 11) is 0.